The fraction of sp³-hybridized carbons (Fsp3) is 0.364. The van der Waals surface area contributed by atoms with Gasteiger partial charge in [-0.05, 0) is 0 Å². The molecule has 1 rings (SSSR count). The first kappa shape index (κ1) is 14.5. The van der Waals surface area contributed by atoms with Gasteiger partial charge in [0.15, 0.2) is 6.30 Å². The lowest BCUT2D eigenvalue weighted by atomic mass is 10.2. The van der Waals surface area contributed by atoms with Crippen molar-refractivity contribution in [1.82, 2.24) is 5.32 Å². The van der Waals surface area contributed by atoms with Crippen molar-refractivity contribution in [3.05, 3.63) is 35.9 Å². The summed E-state index contributed by atoms with van der Waals surface area (Å²) >= 11 is 0. The monoisotopic (exact) mass is 262 g/mol. The van der Waals surface area contributed by atoms with Crippen LogP contribution in [0.25, 0.3) is 0 Å². The molecular formula is C11H13F3N2O2. The lowest BCUT2D eigenvalue weighted by Crippen LogP contribution is -2.44. The number of benzene rings is 1. The zero-order valence-electron chi connectivity index (χ0n) is 9.35. The van der Waals surface area contributed by atoms with Crippen LogP contribution in [0.4, 0.5) is 13.2 Å². The molecule has 1 amide bonds. The molecule has 1 aromatic rings. The summed E-state index contributed by atoms with van der Waals surface area (Å²) in [6, 6.07) is 6.52. The van der Waals surface area contributed by atoms with Crippen molar-refractivity contribution in [1.29, 1.82) is 0 Å². The molecule has 100 valence electrons. The maximum absolute atomic E-state index is 13.6. The average Bonchev–Trinajstić information content (AvgIpc) is 2.36. The van der Waals surface area contributed by atoms with Crippen LogP contribution in [0.2, 0.25) is 0 Å². The van der Waals surface area contributed by atoms with Crippen LogP contribution >= 0.6 is 0 Å². The summed E-state index contributed by atoms with van der Waals surface area (Å²) in [6.07, 6.45) is -1.74. The Morgan fingerprint density at radius 2 is 1.89 bits per heavy atom. The highest BCUT2D eigenvalue weighted by atomic mass is 19.3. The zero-order chi connectivity index (χ0) is 13.5. The predicted molar refractivity (Wildman–Crippen MR) is 58.4 cm³/mol. The SMILES string of the molecule is NC(COC(F)F)C(=O)NC(F)c1ccccc1. The second-order valence-electron chi connectivity index (χ2n) is 3.48. The second kappa shape index (κ2) is 6.97. The van der Waals surface area contributed by atoms with Crippen molar-refractivity contribution in [3.63, 3.8) is 0 Å². The number of nitrogens with one attached hydrogen (secondary N) is 1. The Morgan fingerprint density at radius 3 is 2.44 bits per heavy atom. The summed E-state index contributed by atoms with van der Waals surface area (Å²) < 4.78 is 40.8. The van der Waals surface area contributed by atoms with E-state index >= 15 is 0 Å². The first-order chi connectivity index (χ1) is 8.50. The molecule has 0 heterocycles. The van der Waals surface area contributed by atoms with E-state index in [1.54, 1.807) is 18.2 Å². The van der Waals surface area contributed by atoms with Crippen molar-refractivity contribution in [2.24, 2.45) is 5.73 Å². The van der Waals surface area contributed by atoms with Gasteiger partial charge in [-0.3, -0.25) is 4.79 Å². The number of nitrogens with two attached hydrogens (primary N) is 1. The lowest BCUT2D eigenvalue weighted by molar-refractivity contribution is -0.142. The first-order valence-electron chi connectivity index (χ1n) is 5.15. The third kappa shape index (κ3) is 4.72. The van der Waals surface area contributed by atoms with E-state index in [0.717, 1.165) is 0 Å². The molecule has 0 radical (unpaired) electrons. The highest BCUT2D eigenvalue weighted by Gasteiger charge is 2.20. The number of amides is 1. The Morgan fingerprint density at radius 1 is 1.28 bits per heavy atom. The topological polar surface area (TPSA) is 64.3 Å². The van der Waals surface area contributed by atoms with E-state index in [0.29, 0.717) is 0 Å². The van der Waals surface area contributed by atoms with E-state index in [9.17, 15) is 18.0 Å². The molecular weight excluding hydrogens is 249 g/mol. The summed E-state index contributed by atoms with van der Waals surface area (Å²) in [7, 11) is 0. The van der Waals surface area contributed by atoms with Crippen molar-refractivity contribution in [2.45, 2.75) is 18.9 Å². The second-order valence-corrected chi connectivity index (χ2v) is 3.48. The normalized spacial score (nSPS) is 14.3. The van der Waals surface area contributed by atoms with Gasteiger partial charge in [0.25, 0.3) is 0 Å². The Balaban J connectivity index is 2.44. The molecule has 0 saturated heterocycles. The molecule has 18 heavy (non-hydrogen) atoms. The van der Waals surface area contributed by atoms with Gasteiger partial charge in [0.05, 0.1) is 6.61 Å². The number of hydrogen-bond acceptors (Lipinski definition) is 3. The number of alkyl halides is 3. The molecule has 0 bridgehead atoms. The molecule has 0 aliphatic heterocycles. The molecule has 0 aromatic heterocycles. The first-order valence-corrected chi connectivity index (χ1v) is 5.15. The molecule has 0 aliphatic carbocycles. The van der Waals surface area contributed by atoms with E-state index in [-0.39, 0.29) is 5.56 Å². The summed E-state index contributed by atoms with van der Waals surface area (Å²) in [4.78, 5) is 11.3. The Bertz CT molecular complexity index is 376. The van der Waals surface area contributed by atoms with Crippen molar-refractivity contribution in [3.8, 4) is 0 Å². The Kier molecular flexibility index (Phi) is 5.60. The van der Waals surface area contributed by atoms with Crippen molar-refractivity contribution in [2.75, 3.05) is 6.61 Å². The van der Waals surface area contributed by atoms with E-state index in [2.05, 4.69) is 4.74 Å². The van der Waals surface area contributed by atoms with E-state index in [1.807, 2.05) is 5.32 Å². The van der Waals surface area contributed by atoms with E-state index in [1.165, 1.54) is 12.1 Å². The van der Waals surface area contributed by atoms with Crippen LogP contribution in [0.3, 0.4) is 0 Å². The summed E-state index contributed by atoms with van der Waals surface area (Å²) in [6.45, 7) is -3.69. The summed E-state index contributed by atoms with van der Waals surface area (Å²) in [5.41, 5.74) is 5.50. The fourth-order valence-corrected chi connectivity index (χ4v) is 1.19. The largest absolute Gasteiger partial charge is 0.345 e. The van der Waals surface area contributed by atoms with Gasteiger partial charge in [0, 0.05) is 5.56 Å². The fourth-order valence-electron chi connectivity index (χ4n) is 1.19. The maximum Gasteiger partial charge on any atom is 0.345 e. The smallest absolute Gasteiger partial charge is 0.321 e. The van der Waals surface area contributed by atoms with Gasteiger partial charge >= 0.3 is 6.61 Å². The minimum Gasteiger partial charge on any atom is -0.321 e. The van der Waals surface area contributed by atoms with Gasteiger partial charge in [-0.15, -0.1) is 0 Å². The number of ether oxygens (including phenoxy) is 1. The number of rotatable bonds is 6. The van der Waals surface area contributed by atoms with E-state index < -0.39 is 31.5 Å². The number of hydrogen-bond donors (Lipinski definition) is 2. The van der Waals surface area contributed by atoms with Crippen LogP contribution in [0.5, 0.6) is 0 Å². The van der Waals surface area contributed by atoms with Gasteiger partial charge < -0.3 is 15.8 Å². The highest BCUT2D eigenvalue weighted by Crippen LogP contribution is 2.13. The predicted octanol–water partition coefficient (Wildman–Crippen LogP) is 1.34. The molecule has 3 N–H and O–H groups in total. The molecule has 2 unspecified atom stereocenters. The molecule has 0 saturated carbocycles. The number of carbonyl (C=O) groups is 1. The van der Waals surface area contributed by atoms with Crippen LogP contribution in [0.1, 0.15) is 11.9 Å². The minimum atomic E-state index is -3.01. The van der Waals surface area contributed by atoms with Gasteiger partial charge in [-0.1, -0.05) is 30.3 Å². The van der Waals surface area contributed by atoms with Crippen LogP contribution in [-0.2, 0) is 9.53 Å². The zero-order valence-corrected chi connectivity index (χ0v) is 9.35. The standard InChI is InChI=1S/C11H13F3N2O2/c12-9(7-4-2-1-3-5-7)16-10(17)8(15)6-18-11(13)14/h1-5,8-9,11H,6,15H2,(H,16,17). The molecule has 0 fully saturated rings. The van der Waals surface area contributed by atoms with E-state index in [4.69, 9.17) is 5.73 Å². The Labute approximate surface area is 102 Å². The number of halogens is 3. The molecule has 1 aromatic carbocycles. The van der Waals surface area contributed by atoms with Gasteiger partial charge in [-0.2, -0.15) is 8.78 Å². The van der Waals surface area contributed by atoms with Crippen LogP contribution in [0.15, 0.2) is 30.3 Å². The van der Waals surface area contributed by atoms with Gasteiger partial charge in [0.1, 0.15) is 6.04 Å². The maximum atomic E-state index is 13.6. The Hall–Kier alpha value is -1.60. The van der Waals surface area contributed by atoms with Gasteiger partial charge in [-0.25, -0.2) is 4.39 Å². The summed E-state index contributed by atoms with van der Waals surface area (Å²) in [5.74, 6) is -0.896. The highest BCUT2D eigenvalue weighted by molar-refractivity contribution is 5.81. The number of carbonyl (C=O) groups excluding carboxylic acids is 1. The quantitative estimate of drug-likeness (QED) is 0.760. The van der Waals surface area contributed by atoms with Crippen molar-refractivity contribution < 1.29 is 22.7 Å². The summed E-state index contributed by atoms with van der Waals surface area (Å²) in [5, 5.41) is 1.96. The van der Waals surface area contributed by atoms with Crippen LogP contribution < -0.4 is 11.1 Å². The van der Waals surface area contributed by atoms with Crippen molar-refractivity contribution >= 4 is 5.91 Å². The minimum absolute atomic E-state index is 0.243. The molecule has 2 atom stereocenters. The molecule has 0 aliphatic rings. The molecule has 0 spiro atoms. The average molecular weight is 262 g/mol. The molecule has 4 nitrogen and oxygen atoms in total. The third-order valence-electron chi connectivity index (χ3n) is 2.10. The third-order valence-corrected chi connectivity index (χ3v) is 2.10. The molecule has 7 heteroatoms. The van der Waals surface area contributed by atoms with Gasteiger partial charge in [0.2, 0.25) is 5.91 Å². The van der Waals surface area contributed by atoms with Crippen LogP contribution in [-0.4, -0.2) is 25.2 Å². The lowest BCUT2D eigenvalue weighted by Gasteiger charge is -2.15. The van der Waals surface area contributed by atoms with Crippen LogP contribution in [0, 0.1) is 0 Å².